The van der Waals surface area contributed by atoms with Crippen molar-refractivity contribution in [3.8, 4) is 11.1 Å². The van der Waals surface area contributed by atoms with Crippen LogP contribution in [0.2, 0.25) is 0 Å². The minimum Gasteiger partial charge on any atom is -0.261 e. The quantitative estimate of drug-likeness (QED) is 0.662. The van der Waals surface area contributed by atoms with Crippen LogP contribution in [0.5, 0.6) is 0 Å². The van der Waals surface area contributed by atoms with Gasteiger partial charge in [0.15, 0.2) is 10.9 Å². The normalized spacial score (nSPS) is 11.1. The molecule has 5 heteroatoms. The average Bonchev–Trinajstić information content (AvgIpc) is 2.83. The molecule has 2 heterocycles. The van der Waals surface area contributed by atoms with Crippen molar-refractivity contribution in [1.29, 1.82) is 0 Å². The molecule has 96 valence electrons. The highest BCUT2D eigenvalue weighted by Crippen LogP contribution is 2.28. The number of fused-ring (bicyclic) bond motifs is 1. The molecule has 0 unspecified atom stereocenters. The summed E-state index contributed by atoms with van der Waals surface area (Å²) in [5.41, 5.74) is 2.32. The van der Waals surface area contributed by atoms with Gasteiger partial charge in [-0.2, -0.15) is 4.68 Å². The fourth-order valence-electron chi connectivity index (χ4n) is 2.25. The van der Waals surface area contributed by atoms with Crippen LogP contribution in [0.3, 0.4) is 0 Å². The van der Waals surface area contributed by atoms with E-state index in [0.29, 0.717) is 18.0 Å². The van der Waals surface area contributed by atoms with Gasteiger partial charge in [-0.1, -0.05) is 30.3 Å². The maximum atomic E-state index is 12.1. The fourth-order valence-corrected chi connectivity index (χ4v) is 2.25. The topological polar surface area (TPSA) is 53.9 Å². The van der Waals surface area contributed by atoms with Gasteiger partial charge in [0.2, 0.25) is 0 Å². The van der Waals surface area contributed by atoms with Crippen molar-refractivity contribution >= 4 is 11.0 Å². The predicted octanol–water partition coefficient (Wildman–Crippen LogP) is 2.54. The number of hydrogen-bond donors (Lipinski definition) is 0. The van der Waals surface area contributed by atoms with Crippen LogP contribution in [0, 0.1) is 11.8 Å². The number of aromatic nitrogens is 3. The summed E-state index contributed by atoms with van der Waals surface area (Å²) in [6.07, 6.45) is 1.84. The molecule has 5 nitrogen and oxygen atoms in total. The minimum absolute atomic E-state index is 0.320. The molecule has 2 aromatic heterocycles. The third kappa shape index (κ3) is 1.74. The molecule has 3 aromatic rings. The molecule has 0 aliphatic rings. The average molecular weight is 256 g/mol. The lowest BCUT2D eigenvalue weighted by molar-refractivity contribution is -0.574. The highest BCUT2D eigenvalue weighted by atomic mass is 16.5. The molecule has 0 radical (unpaired) electrons. The van der Waals surface area contributed by atoms with E-state index in [0.717, 1.165) is 21.1 Å². The third-order valence-electron chi connectivity index (χ3n) is 3.22. The SMILES string of the molecule is CCn1cc(-c2ccccc2)c2c(C)onc2[n+]1=O. The molecule has 0 N–H and O–H groups in total. The van der Waals surface area contributed by atoms with E-state index >= 15 is 0 Å². The van der Waals surface area contributed by atoms with Gasteiger partial charge in [0, 0.05) is 12.5 Å². The van der Waals surface area contributed by atoms with Crippen LogP contribution in [-0.2, 0) is 6.54 Å². The maximum absolute atomic E-state index is 12.1. The predicted molar refractivity (Wildman–Crippen MR) is 71.2 cm³/mol. The molecule has 0 aliphatic carbocycles. The van der Waals surface area contributed by atoms with Gasteiger partial charge in [0.25, 0.3) is 0 Å². The minimum atomic E-state index is 0.320. The van der Waals surface area contributed by atoms with Crippen LogP contribution >= 0.6 is 0 Å². The van der Waals surface area contributed by atoms with Crippen molar-refractivity contribution in [2.45, 2.75) is 20.4 Å². The van der Waals surface area contributed by atoms with Crippen molar-refractivity contribution in [2.24, 2.45) is 0 Å². The summed E-state index contributed by atoms with van der Waals surface area (Å²) in [4.78, 5) is 12.1. The number of benzene rings is 1. The Morgan fingerprint density at radius 1 is 1.32 bits per heavy atom. The van der Waals surface area contributed by atoms with E-state index in [9.17, 15) is 4.91 Å². The molecule has 3 rings (SSSR count). The van der Waals surface area contributed by atoms with Crippen molar-refractivity contribution in [2.75, 3.05) is 0 Å². The summed E-state index contributed by atoms with van der Waals surface area (Å²) in [5.74, 6) is 0.654. The number of aryl methyl sites for hydroxylation is 2. The molecule has 0 aliphatic heterocycles. The van der Waals surface area contributed by atoms with E-state index in [-0.39, 0.29) is 0 Å². The fraction of sp³-hybridized carbons (Fsp3) is 0.214. The molecule has 0 atom stereocenters. The maximum Gasteiger partial charge on any atom is 0.445 e. The van der Waals surface area contributed by atoms with E-state index in [1.165, 1.54) is 0 Å². The molecule has 0 saturated heterocycles. The summed E-state index contributed by atoms with van der Waals surface area (Å²) in [5, 5.41) is 4.64. The first-order valence-corrected chi connectivity index (χ1v) is 6.20. The van der Waals surface area contributed by atoms with Crippen LogP contribution in [0.15, 0.2) is 41.1 Å². The number of nitrogens with zero attached hydrogens (tertiary/aromatic N) is 3. The molecule has 0 bridgehead atoms. The molecule has 1 aromatic carbocycles. The molecule has 0 amide bonds. The highest BCUT2D eigenvalue weighted by Gasteiger charge is 2.23. The molecule has 0 spiro atoms. The summed E-state index contributed by atoms with van der Waals surface area (Å²) in [6.45, 7) is 4.31. The summed E-state index contributed by atoms with van der Waals surface area (Å²) in [7, 11) is 0. The first-order chi connectivity index (χ1) is 9.22. The first kappa shape index (κ1) is 11.6. The van der Waals surface area contributed by atoms with Crippen molar-refractivity contribution in [1.82, 2.24) is 9.84 Å². The second-order valence-corrected chi connectivity index (χ2v) is 4.37. The lowest BCUT2D eigenvalue weighted by Gasteiger charge is -2.04. The zero-order valence-corrected chi connectivity index (χ0v) is 10.8. The van der Waals surface area contributed by atoms with Gasteiger partial charge in [-0.05, 0) is 17.4 Å². The van der Waals surface area contributed by atoms with Gasteiger partial charge >= 0.3 is 5.65 Å². The number of rotatable bonds is 2. The largest absolute Gasteiger partial charge is 0.445 e. The lowest BCUT2D eigenvalue weighted by atomic mass is 10.0. The summed E-state index contributed by atoms with van der Waals surface area (Å²) in [6, 6.07) is 9.93. The van der Waals surface area contributed by atoms with Crippen molar-refractivity contribution in [3.05, 3.63) is 47.2 Å². The van der Waals surface area contributed by atoms with Crippen LogP contribution < -0.4 is 4.54 Å². The second kappa shape index (κ2) is 4.35. The zero-order valence-electron chi connectivity index (χ0n) is 10.8. The van der Waals surface area contributed by atoms with Crippen LogP contribution in [-0.4, -0.2) is 9.84 Å². The van der Waals surface area contributed by atoms with E-state index in [4.69, 9.17) is 4.52 Å². The zero-order chi connectivity index (χ0) is 13.4. The van der Waals surface area contributed by atoms with Gasteiger partial charge in [-0.3, -0.25) is 4.52 Å². The Kier molecular flexibility index (Phi) is 2.67. The number of hydrogen-bond acceptors (Lipinski definition) is 3. The molecule has 0 saturated carbocycles. The molecular formula is C14H14N3O2+. The van der Waals surface area contributed by atoms with Gasteiger partial charge < -0.3 is 0 Å². The Balaban J connectivity index is 2.44. The molecule has 19 heavy (non-hydrogen) atoms. The third-order valence-corrected chi connectivity index (χ3v) is 3.22. The first-order valence-electron chi connectivity index (χ1n) is 6.20. The molecular weight excluding hydrogens is 242 g/mol. The Hall–Kier alpha value is -2.43. The molecule has 0 fully saturated rings. The Morgan fingerprint density at radius 3 is 2.74 bits per heavy atom. The van der Waals surface area contributed by atoms with Gasteiger partial charge in [-0.15, -0.1) is 0 Å². The van der Waals surface area contributed by atoms with Crippen LogP contribution in [0.25, 0.3) is 22.2 Å². The Labute approximate surface area is 109 Å². The second-order valence-electron chi connectivity index (χ2n) is 4.37. The van der Waals surface area contributed by atoms with E-state index < -0.39 is 0 Å². The standard InChI is InChI=1S/C14H14N3O2/c1-3-16-9-12(11-7-5-4-6-8-11)13-10(2)19-15-14(13)17(16)18/h4-9H,3H2,1-2H3/q+1. The van der Waals surface area contributed by atoms with Crippen LogP contribution in [0.1, 0.15) is 12.7 Å². The summed E-state index contributed by atoms with van der Waals surface area (Å²) < 4.78 is 7.53. The van der Waals surface area contributed by atoms with Gasteiger partial charge in [0.05, 0.1) is 12.7 Å². The van der Waals surface area contributed by atoms with E-state index in [2.05, 4.69) is 5.16 Å². The lowest BCUT2D eigenvalue weighted by Crippen LogP contribution is -2.31. The van der Waals surface area contributed by atoms with E-state index in [1.807, 2.05) is 50.4 Å². The van der Waals surface area contributed by atoms with Gasteiger partial charge in [0.1, 0.15) is 9.93 Å². The van der Waals surface area contributed by atoms with Crippen molar-refractivity contribution in [3.63, 3.8) is 0 Å². The monoisotopic (exact) mass is 256 g/mol. The van der Waals surface area contributed by atoms with Gasteiger partial charge in [-0.25, -0.2) is 0 Å². The smallest absolute Gasteiger partial charge is 0.261 e. The Morgan fingerprint density at radius 2 is 2.05 bits per heavy atom. The van der Waals surface area contributed by atoms with Crippen molar-refractivity contribution < 1.29 is 9.06 Å². The summed E-state index contributed by atoms with van der Waals surface area (Å²) >= 11 is 0. The van der Waals surface area contributed by atoms with E-state index in [1.54, 1.807) is 4.68 Å². The highest BCUT2D eigenvalue weighted by molar-refractivity contribution is 5.91. The Bertz CT molecular complexity index is 788. The van der Waals surface area contributed by atoms with Crippen LogP contribution in [0.4, 0.5) is 0 Å².